The number of hydrogen-bond donors (Lipinski definition) is 1. The van der Waals surface area contributed by atoms with E-state index in [0.29, 0.717) is 6.04 Å². The Morgan fingerprint density at radius 2 is 1.79 bits per heavy atom. The first-order chi connectivity index (χ1) is 9.29. The molecule has 0 radical (unpaired) electrons. The molecule has 3 nitrogen and oxygen atoms in total. The van der Waals surface area contributed by atoms with Gasteiger partial charge in [0.25, 0.3) is 0 Å². The molecule has 106 valence electrons. The summed E-state index contributed by atoms with van der Waals surface area (Å²) in [7, 11) is 0. The lowest BCUT2D eigenvalue weighted by Crippen LogP contribution is -2.51. The monoisotopic (exact) mass is 261 g/mol. The Morgan fingerprint density at radius 3 is 2.42 bits per heavy atom. The number of rotatable bonds is 6. The molecular weight excluding hydrogens is 234 g/mol. The Hall–Kier alpha value is -1.06. The van der Waals surface area contributed by atoms with E-state index >= 15 is 0 Å². The molecule has 1 saturated heterocycles. The lowest BCUT2D eigenvalue weighted by atomic mass is 10.2. The van der Waals surface area contributed by atoms with Crippen molar-refractivity contribution in [1.82, 2.24) is 9.80 Å². The summed E-state index contributed by atoms with van der Waals surface area (Å²) in [5.41, 5.74) is 1.22. The molecule has 1 aliphatic heterocycles. The predicted octanol–water partition coefficient (Wildman–Crippen LogP) is 2.51. The highest BCUT2D eigenvalue weighted by molar-refractivity contribution is 5.42. The highest BCUT2D eigenvalue weighted by Gasteiger charge is 2.20. The van der Waals surface area contributed by atoms with Crippen LogP contribution in [0.1, 0.15) is 20.3 Å². The van der Waals surface area contributed by atoms with Gasteiger partial charge in [-0.3, -0.25) is 4.90 Å². The van der Waals surface area contributed by atoms with E-state index < -0.39 is 0 Å². The van der Waals surface area contributed by atoms with Crippen LogP contribution in [0.3, 0.4) is 0 Å². The zero-order chi connectivity index (χ0) is 13.5. The second-order valence-corrected chi connectivity index (χ2v) is 5.47. The fraction of sp³-hybridized carbons (Fsp3) is 0.625. The lowest BCUT2D eigenvalue weighted by molar-refractivity contribution is 0.106. The maximum atomic E-state index is 3.52. The van der Waals surface area contributed by atoms with Gasteiger partial charge in [-0.25, -0.2) is 0 Å². The van der Waals surface area contributed by atoms with Gasteiger partial charge in [0.15, 0.2) is 0 Å². The van der Waals surface area contributed by atoms with Gasteiger partial charge in [0.2, 0.25) is 0 Å². The van der Waals surface area contributed by atoms with Crippen LogP contribution in [0, 0.1) is 0 Å². The Morgan fingerprint density at radius 1 is 1.11 bits per heavy atom. The van der Waals surface area contributed by atoms with E-state index in [2.05, 4.69) is 59.3 Å². The van der Waals surface area contributed by atoms with Gasteiger partial charge in [-0.15, -0.1) is 0 Å². The Labute approximate surface area is 117 Å². The van der Waals surface area contributed by atoms with Crippen molar-refractivity contribution in [3.8, 4) is 0 Å². The zero-order valence-corrected chi connectivity index (χ0v) is 12.3. The topological polar surface area (TPSA) is 18.5 Å². The predicted molar refractivity (Wildman–Crippen MR) is 82.7 cm³/mol. The highest BCUT2D eigenvalue weighted by atomic mass is 15.3. The molecule has 1 aromatic carbocycles. The molecule has 0 amide bonds. The molecule has 1 unspecified atom stereocenters. The van der Waals surface area contributed by atoms with Crippen molar-refractivity contribution < 1.29 is 0 Å². The molecule has 1 aromatic rings. The molecule has 1 fully saturated rings. The molecule has 2 rings (SSSR count). The molecular formula is C16H27N3. The van der Waals surface area contributed by atoms with Crippen LogP contribution in [0.4, 0.5) is 5.69 Å². The Balaban J connectivity index is 1.71. The summed E-state index contributed by atoms with van der Waals surface area (Å²) >= 11 is 0. The fourth-order valence-electron chi connectivity index (χ4n) is 2.69. The molecule has 0 bridgehead atoms. The van der Waals surface area contributed by atoms with Gasteiger partial charge in [0.1, 0.15) is 0 Å². The second kappa shape index (κ2) is 7.51. The smallest absolute Gasteiger partial charge is 0.0340 e. The number of benzene rings is 1. The Kier molecular flexibility index (Phi) is 5.67. The Bertz CT molecular complexity index is 344. The van der Waals surface area contributed by atoms with Crippen molar-refractivity contribution in [3.63, 3.8) is 0 Å². The molecule has 1 heterocycles. The van der Waals surface area contributed by atoms with E-state index in [0.717, 1.165) is 6.54 Å². The molecule has 19 heavy (non-hydrogen) atoms. The summed E-state index contributed by atoms with van der Waals surface area (Å²) in [4.78, 5) is 5.18. The van der Waals surface area contributed by atoms with E-state index in [1.165, 1.54) is 44.8 Å². The van der Waals surface area contributed by atoms with Gasteiger partial charge in [-0.1, -0.05) is 25.1 Å². The number of nitrogens with one attached hydrogen (secondary N) is 1. The van der Waals surface area contributed by atoms with Crippen LogP contribution >= 0.6 is 0 Å². The van der Waals surface area contributed by atoms with Crippen molar-refractivity contribution >= 4 is 5.69 Å². The number of para-hydroxylation sites is 1. The summed E-state index contributed by atoms with van der Waals surface area (Å²) in [5, 5.41) is 3.52. The molecule has 0 saturated carbocycles. The first-order valence-electron chi connectivity index (χ1n) is 7.55. The van der Waals surface area contributed by atoms with E-state index in [1.54, 1.807) is 0 Å². The first kappa shape index (κ1) is 14.4. The van der Waals surface area contributed by atoms with Gasteiger partial charge >= 0.3 is 0 Å². The third-order valence-corrected chi connectivity index (χ3v) is 3.95. The summed E-state index contributed by atoms with van der Waals surface area (Å²) in [6, 6.07) is 11.1. The number of anilines is 1. The average molecular weight is 261 g/mol. The maximum Gasteiger partial charge on any atom is 0.0340 e. The first-order valence-corrected chi connectivity index (χ1v) is 7.55. The largest absolute Gasteiger partial charge is 0.383 e. The third kappa shape index (κ3) is 4.51. The number of nitrogens with zero attached hydrogens (tertiary/aromatic N) is 2. The molecule has 0 spiro atoms. The van der Waals surface area contributed by atoms with Gasteiger partial charge in [-0.2, -0.15) is 0 Å². The van der Waals surface area contributed by atoms with Crippen LogP contribution in [0.2, 0.25) is 0 Å². The quantitative estimate of drug-likeness (QED) is 0.849. The standard InChI is InChI=1S/C16H27N3/c1-3-9-18-10-12-19(13-11-18)15(2)14-17-16-7-5-4-6-8-16/h4-8,15,17H,3,9-14H2,1-2H3. The molecule has 0 aliphatic carbocycles. The van der Waals surface area contributed by atoms with Crippen LogP contribution in [0.5, 0.6) is 0 Å². The summed E-state index contributed by atoms with van der Waals surface area (Å²) < 4.78 is 0. The van der Waals surface area contributed by atoms with Crippen molar-refractivity contribution in [2.24, 2.45) is 0 Å². The van der Waals surface area contributed by atoms with Crippen molar-refractivity contribution in [2.45, 2.75) is 26.3 Å². The van der Waals surface area contributed by atoms with Crippen LogP contribution < -0.4 is 5.32 Å². The van der Waals surface area contributed by atoms with Crippen molar-refractivity contribution in [1.29, 1.82) is 0 Å². The zero-order valence-electron chi connectivity index (χ0n) is 12.3. The minimum absolute atomic E-state index is 0.601. The van der Waals surface area contributed by atoms with E-state index in [9.17, 15) is 0 Å². The number of hydrogen-bond acceptors (Lipinski definition) is 3. The maximum absolute atomic E-state index is 3.52. The molecule has 0 aromatic heterocycles. The average Bonchev–Trinajstić information content (AvgIpc) is 2.47. The summed E-state index contributed by atoms with van der Waals surface area (Å²) in [5.74, 6) is 0. The summed E-state index contributed by atoms with van der Waals surface area (Å²) in [6.45, 7) is 11.7. The molecule has 1 atom stereocenters. The highest BCUT2D eigenvalue weighted by Crippen LogP contribution is 2.09. The lowest BCUT2D eigenvalue weighted by Gasteiger charge is -2.38. The molecule has 1 aliphatic rings. The van der Waals surface area contributed by atoms with Gasteiger partial charge in [-0.05, 0) is 32.0 Å². The van der Waals surface area contributed by atoms with Crippen LogP contribution in [-0.2, 0) is 0 Å². The SMILES string of the molecule is CCCN1CCN(C(C)CNc2ccccc2)CC1. The molecule has 3 heteroatoms. The normalized spacial score (nSPS) is 19.3. The van der Waals surface area contributed by atoms with Crippen LogP contribution in [0.25, 0.3) is 0 Å². The number of piperazine rings is 1. The van der Waals surface area contributed by atoms with Crippen LogP contribution in [0.15, 0.2) is 30.3 Å². The van der Waals surface area contributed by atoms with Gasteiger partial charge in [0.05, 0.1) is 0 Å². The van der Waals surface area contributed by atoms with Crippen molar-refractivity contribution in [3.05, 3.63) is 30.3 Å². The van der Waals surface area contributed by atoms with Gasteiger partial charge in [0, 0.05) is 44.5 Å². The minimum Gasteiger partial charge on any atom is -0.383 e. The van der Waals surface area contributed by atoms with Crippen molar-refractivity contribution in [2.75, 3.05) is 44.6 Å². The fourth-order valence-corrected chi connectivity index (χ4v) is 2.69. The van der Waals surface area contributed by atoms with Crippen LogP contribution in [-0.4, -0.2) is 55.1 Å². The van der Waals surface area contributed by atoms with E-state index in [-0.39, 0.29) is 0 Å². The van der Waals surface area contributed by atoms with E-state index in [4.69, 9.17) is 0 Å². The van der Waals surface area contributed by atoms with Gasteiger partial charge < -0.3 is 10.2 Å². The summed E-state index contributed by atoms with van der Waals surface area (Å²) in [6.07, 6.45) is 1.27. The third-order valence-electron chi connectivity index (χ3n) is 3.95. The second-order valence-electron chi connectivity index (χ2n) is 5.47. The van der Waals surface area contributed by atoms with E-state index in [1.807, 2.05) is 0 Å². The molecule has 1 N–H and O–H groups in total. The minimum atomic E-state index is 0.601.